The smallest absolute Gasteiger partial charge is 0.265 e. The van der Waals surface area contributed by atoms with Gasteiger partial charge in [-0.25, -0.2) is 12.7 Å². The number of thiophene rings is 1. The quantitative estimate of drug-likeness (QED) is 0.777. The first-order valence-electron chi connectivity index (χ1n) is 8.91. The molecule has 7 heteroatoms. The van der Waals surface area contributed by atoms with Crippen LogP contribution in [-0.4, -0.2) is 32.2 Å². The molecule has 3 rings (SSSR count). The highest BCUT2D eigenvalue weighted by molar-refractivity contribution is 7.89. The van der Waals surface area contributed by atoms with Crippen molar-refractivity contribution < 1.29 is 13.2 Å². The van der Waals surface area contributed by atoms with E-state index in [1.54, 1.807) is 42.6 Å². The fourth-order valence-corrected chi connectivity index (χ4v) is 5.38. The van der Waals surface area contributed by atoms with Crippen molar-refractivity contribution in [2.24, 2.45) is 0 Å². The highest BCUT2D eigenvalue weighted by Crippen LogP contribution is 2.31. The van der Waals surface area contributed by atoms with Crippen LogP contribution in [0.3, 0.4) is 0 Å². The monoisotopic (exact) mass is 392 g/mol. The second kappa shape index (κ2) is 7.90. The maximum Gasteiger partial charge on any atom is 0.265 e. The summed E-state index contributed by atoms with van der Waals surface area (Å²) in [6, 6.07) is 8.34. The molecule has 2 aromatic rings. The van der Waals surface area contributed by atoms with Gasteiger partial charge in [-0.2, -0.15) is 0 Å². The van der Waals surface area contributed by atoms with Gasteiger partial charge in [0.2, 0.25) is 10.0 Å². The van der Waals surface area contributed by atoms with Crippen LogP contribution in [0, 0.1) is 0 Å². The number of hydrogen-bond donors (Lipinski definition) is 1. The molecule has 1 amide bonds. The van der Waals surface area contributed by atoms with Gasteiger partial charge < -0.3 is 5.32 Å². The molecule has 26 heavy (non-hydrogen) atoms. The SMILES string of the molecule is CCCCN(C)S(=O)(=O)c1ccc(NC(=O)c2cc3c(s2)CCC3)cc1. The number of nitrogens with zero attached hydrogens (tertiary/aromatic N) is 1. The molecule has 1 aliphatic carbocycles. The fourth-order valence-electron chi connectivity index (χ4n) is 3.02. The number of benzene rings is 1. The minimum absolute atomic E-state index is 0.139. The molecule has 0 atom stereocenters. The van der Waals surface area contributed by atoms with Crippen LogP contribution in [0.5, 0.6) is 0 Å². The number of hydrogen-bond acceptors (Lipinski definition) is 4. The number of fused-ring (bicyclic) bond motifs is 1. The minimum Gasteiger partial charge on any atom is -0.321 e. The van der Waals surface area contributed by atoms with Crippen LogP contribution >= 0.6 is 11.3 Å². The molecular formula is C19H24N2O3S2. The lowest BCUT2D eigenvalue weighted by Gasteiger charge is -2.17. The Hall–Kier alpha value is -1.70. The number of unbranched alkanes of at least 4 members (excludes halogenated alkanes) is 1. The van der Waals surface area contributed by atoms with Crippen LogP contribution in [0.1, 0.15) is 46.3 Å². The van der Waals surface area contributed by atoms with Crippen LogP contribution in [0.4, 0.5) is 5.69 Å². The van der Waals surface area contributed by atoms with E-state index in [0.29, 0.717) is 17.1 Å². The molecule has 140 valence electrons. The topological polar surface area (TPSA) is 66.5 Å². The summed E-state index contributed by atoms with van der Waals surface area (Å²) in [6.45, 7) is 2.53. The highest BCUT2D eigenvalue weighted by atomic mass is 32.2. The number of rotatable bonds is 7. The second-order valence-electron chi connectivity index (χ2n) is 6.57. The third-order valence-corrected chi connectivity index (χ3v) is 7.72. The van der Waals surface area contributed by atoms with E-state index in [9.17, 15) is 13.2 Å². The van der Waals surface area contributed by atoms with Gasteiger partial charge in [0.15, 0.2) is 0 Å². The van der Waals surface area contributed by atoms with Gasteiger partial charge in [0.1, 0.15) is 0 Å². The largest absolute Gasteiger partial charge is 0.321 e. The van der Waals surface area contributed by atoms with Gasteiger partial charge >= 0.3 is 0 Å². The molecule has 1 aromatic heterocycles. The molecule has 0 spiro atoms. The predicted molar refractivity (Wildman–Crippen MR) is 105 cm³/mol. The summed E-state index contributed by atoms with van der Waals surface area (Å²) in [6.07, 6.45) is 5.06. The van der Waals surface area contributed by atoms with Gasteiger partial charge in [-0.3, -0.25) is 4.79 Å². The number of sulfonamides is 1. The average Bonchev–Trinajstić information content (AvgIpc) is 3.22. The lowest BCUT2D eigenvalue weighted by molar-refractivity contribution is 0.103. The Morgan fingerprint density at radius 1 is 1.23 bits per heavy atom. The summed E-state index contributed by atoms with van der Waals surface area (Å²) in [5, 5.41) is 2.85. The second-order valence-corrected chi connectivity index (χ2v) is 9.75. The number of carbonyl (C=O) groups excluding carboxylic acids is 1. The van der Waals surface area contributed by atoms with E-state index in [1.165, 1.54) is 21.2 Å². The predicted octanol–water partition coefficient (Wildman–Crippen LogP) is 3.91. The Morgan fingerprint density at radius 2 is 1.96 bits per heavy atom. The summed E-state index contributed by atoms with van der Waals surface area (Å²) in [5.74, 6) is -0.139. The Morgan fingerprint density at radius 3 is 2.62 bits per heavy atom. The third kappa shape index (κ3) is 4.00. The van der Waals surface area contributed by atoms with E-state index in [1.807, 2.05) is 13.0 Å². The number of carbonyl (C=O) groups is 1. The van der Waals surface area contributed by atoms with Crippen molar-refractivity contribution in [1.29, 1.82) is 0 Å². The van der Waals surface area contributed by atoms with Crippen molar-refractivity contribution in [1.82, 2.24) is 4.31 Å². The van der Waals surface area contributed by atoms with E-state index in [0.717, 1.165) is 25.7 Å². The van der Waals surface area contributed by atoms with E-state index in [4.69, 9.17) is 0 Å². The lowest BCUT2D eigenvalue weighted by Crippen LogP contribution is -2.27. The molecule has 5 nitrogen and oxygen atoms in total. The van der Waals surface area contributed by atoms with E-state index in [2.05, 4.69) is 5.32 Å². The number of aryl methyl sites for hydroxylation is 2. The minimum atomic E-state index is -3.48. The Labute approximate surface area is 159 Å². The number of anilines is 1. The summed E-state index contributed by atoms with van der Waals surface area (Å²) < 4.78 is 26.4. The van der Waals surface area contributed by atoms with Gasteiger partial charge in [0, 0.05) is 24.2 Å². The van der Waals surface area contributed by atoms with Crippen molar-refractivity contribution in [3.63, 3.8) is 0 Å². The first-order chi connectivity index (χ1) is 12.4. The zero-order valence-electron chi connectivity index (χ0n) is 15.1. The van der Waals surface area contributed by atoms with Gasteiger partial charge in [0.25, 0.3) is 5.91 Å². The Kier molecular flexibility index (Phi) is 5.79. The van der Waals surface area contributed by atoms with Crippen molar-refractivity contribution in [2.45, 2.75) is 43.9 Å². The van der Waals surface area contributed by atoms with Crippen molar-refractivity contribution >= 4 is 33.0 Å². The van der Waals surface area contributed by atoms with Gasteiger partial charge in [-0.15, -0.1) is 11.3 Å². The molecule has 0 fully saturated rings. The third-order valence-electron chi connectivity index (χ3n) is 4.62. The van der Waals surface area contributed by atoms with Crippen LogP contribution in [-0.2, 0) is 22.9 Å². The molecule has 0 unspecified atom stereocenters. The highest BCUT2D eigenvalue weighted by Gasteiger charge is 2.21. The van der Waals surface area contributed by atoms with Gasteiger partial charge in [0.05, 0.1) is 9.77 Å². The molecule has 0 aliphatic heterocycles. The van der Waals surface area contributed by atoms with Crippen molar-refractivity contribution in [3.8, 4) is 0 Å². The first-order valence-corrected chi connectivity index (χ1v) is 11.2. The summed E-state index contributed by atoms with van der Waals surface area (Å²) in [4.78, 5) is 14.7. The van der Waals surface area contributed by atoms with E-state index >= 15 is 0 Å². The molecule has 0 bridgehead atoms. The summed E-state index contributed by atoms with van der Waals surface area (Å²) in [5.41, 5.74) is 1.88. The molecule has 0 saturated heterocycles. The molecule has 1 aliphatic rings. The molecule has 1 aromatic carbocycles. The van der Waals surface area contributed by atoms with Crippen molar-refractivity contribution in [3.05, 3.63) is 45.6 Å². The maximum atomic E-state index is 12.5. The van der Waals surface area contributed by atoms with Crippen LogP contribution in [0.15, 0.2) is 35.2 Å². The van der Waals surface area contributed by atoms with Crippen LogP contribution < -0.4 is 5.32 Å². The fraction of sp³-hybridized carbons (Fsp3) is 0.421. The summed E-state index contributed by atoms with van der Waals surface area (Å²) >= 11 is 1.55. The standard InChI is InChI=1S/C19H24N2O3S2/c1-3-4-12-21(2)26(23,24)16-10-8-15(9-11-16)20-19(22)18-13-14-6-5-7-17(14)25-18/h8-11,13H,3-7,12H2,1-2H3,(H,20,22). The van der Waals surface area contributed by atoms with Crippen LogP contribution in [0.25, 0.3) is 0 Å². The van der Waals surface area contributed by atoms with Crippen LogP contribution in [0.2, 0.25) is 0 Å². The molecule has 0 saturated carbocycles. The molecule has 0 radical (unpaired) electrons. The molecule has 1 heterocycles. The van der Waals surface area contributed by atoms with Gasteiger partial charge in [-0.1, -0.05) is 13.3 Å². The van der Waals surface area contributed by atoms with Gasteiger partial charge in [-0.05, 0) is 61.6 Å². The zero-order chi connectivity index (χ0) is 18.7. The van der Waals surface area contributed by atoms with Crippen molar-refractivity contribution in [2.75, 3.05) is 18.9 Å². The maximum absolute atomic E-state index is 12.5. The molecular weight excluding hydrogens is 368 g/mol. The number of nitrogens with one attached hydrogen (secondary N) is 1. The molecule has 1 N–H and O–H groups in total. The van der Waals surface area contributed by atoms with E-state index in [-0.39, 0.29) is 10.8 Å². The first kappa shape index (κ1) is 19.1. The summed E-state index contributed by atoms with van der Waals surface area (Å²) in [7, 11) is -1.89. The lowest BCUT2D eigenvalue weighted by atomic mass is 10.2. The van der Waals surface area contributed by atoms with E-state index < -0.39 is 10.0 Å². The zero-order valence-corrected chi connectivity index (χ0v) is 16.8. The normalized spacial score (nSPS) is 13.8. The number of amides is 1. The Bertz CT molecular complexity index is 865. The average molecular weight is 393 g/mol. The Balaban J connectivity index is 1.68.